The summed E-state index contributed by atoms with van der Waals surface area (Å²) in [4.78, 5) is 12.2. The molecule has 2 heterocycles. The number of carbonyl (C=O) groups is 1. The van der Waals surface area contributed by atoms with Gasteiger partial charge in [0.2, 0.25) is 0 Å². The summed E-state index contributed by atoms with van der Waals surface area (Å²) in [5, 5.41) is 7.54. The molecule has 0 radical (unpaired) electrons. The van der Waals surface area contributed by atoms with Gasteiger partial charge < -0.3 is 5.32 Å². The van der Waals surface area contributed by atoms with Crippen molar-refractivity contribution in [2.75, 3.05) is 13.1 Å². The second-order valence-corrected chi connectivity index (χ2v) is 5.68. The van der Waals surface area contributed by atoms with Crippen molar-refractivity contribution in [1.82, 2.24) is 5.32 Å². The maximum absolute atomic E-state index is 12.2. The second kappa shape index (κ2) is 5.11. The molecule has 88 valence electrons. The number of carbonyl (C=O) groups excluding carboxylic acids is 1. The van der Waals surface area contributed by atoms with Gasteiger partial charge >= 0.3 is 0 Å². The average molecular weight is 237 g/mol. The summed E-state index contributed by atoms with van der Waals surface area (Å²) in [7, 11) is 0. The Balaban J connectivity index is 1.87. The third kappa shape index (κ3) is 2.71. The molecule has 0 bridgehead atoms. The Morgan fingerprint density at radius 2 is 2.50 bits per heavy atom. The van der Waals surface area contributed by atoms with Gasteiger partial charge in [0.1, 0.15) is 5.78 Å². The summed E-state index contributed by atoms with van der Waals surface area (Å²) in [6, 6.07) is 2.11. The lowest BCUT2D eigenvalue weighted by Crippen LogP contribution is -2.43. The normalized spacial score (nSPS) is 25.6. The molecule has 0 aliphatic carbocycles. The van der Waals surface area contributed by atoms with Crippen molar-refractivity contribution in [3.8, 4) is 0 Å². The molecule has 0 aromatic carbocycles. The van der Waals surface area contributed by atoms with Crippen LogP contribution in [0.3, 0.4) is 0 Å². The molecule has 2 nitrogen and oxygen atoms in total. The van der Waals surface area contributed by atoms with Crippen LogP contribution in [0.2, 0.25) is 0 Å². The molecule has 1 aliphatic heterocycles. The molecule has 1 aliphatic rings. The molecule has 1 fully saturated rings. The highest BCUT2D eigenvalue weighted by atomic mass is 32.1. The predicted molar refractivity (Wildman–Crippen MR) is 67.9 cm³/mol. The van der Waals surface area contributed by atoms with Gasteiger partial charge in [0, 0.05) is 18.4 Å². The third-order valence-electron chi connectivity index (χ3n) is 3.49. The van der Waals surface area contributed by atoms with E-state index < -0.39 is 0 Å². The molecule has 1 aromatic rings. The Labute approximate surface area is 101 Å². The van der Waals surface area contributed by atoms with E-state index in [-0.39, 0.29) is 5.41 Å². The first-order valence-electron chi connectivity index (χ1n) is 5.96. The van der Waals surface area contributed by atoms with Crippen LogP contribution in [-0.2, 0) is 11.2 Å². The molecule has 16 heavy (non-hydrogen) atoms. The lowest BCUT2D eigenvalue weighted by atomic mass is 9.77. The maximum atomic E-state index is 12.2. The molecule has 1 unspecified atom stereocenters. The average Bonchev–Trinajstić information content (AvgIpc) is 2.79. The van der Waals surface area contributed by atoms with Gasteiger partial charge in [-0.3, -0.25) is 4.79 Å². The first-order chi connectivity index (χ1) is 7.71. The van der Waals surface area contributed by atoms with E-state index in [0.29, 0.717) is 12.2 Å². The smallest absolute Gasteiger partial charge is 0.140 e. The molecule has 1 saturated heterocycles. The summed E-state index contributed by atoms with van der Waals surface area (Å²) in [6.07, 6.45) is 3.76. The summed E-state index contributed by atoms with van der Waals surface area (Å²) in [6.45, 7) is 4.03. The highest BCUT2D eigenvalue weighted by Crippen LogP contribution is 2.28. The largest absolute Gasteiger partial charge is 0.316 e. The molecule has 0 amide bonds. The number of ketones is 1. The van der Waals surface area contributed by atoms with Crippen LogP contribution in [0.25, 0.3) is 0 Å². The van der Waals surface area contributed by atoms with Crippen LogP contribution in [0.1, 0.15) is 31.7 Å². The lowest BCUT2D eigenvalue weighted by Gasteiger charge is -2.32. The fraction of sp³-hybridized carbons (Fsp3) is 0.615. The number of hydrogen-bond donors (Lipinski definition) is 1. The maximum Gasteiger partial charge on any atom is 0.140 e. The lowest BCUT2D eigenvalue weighted by molar-refractivity contribution is -0.128. The van der Waals surface area contributed by atoms with E-state index >= 15 is 0 Å². The van der Waals surface area contributed by atoms with Crippen molar-refractivity contribution < 1.29 is 4.79 Å². The quantitative estimate of drug-likeness (QED) is 0.872. The number of nitrogens with one attached hydrogen (secondary N) is 1. The molecule has 0 spiro atoms. The predicted octanol–water partition coefficient (Wildman–Crippen LogP) is 2.64. The van der Waals surface area contributed by atoms with Crippen LogP contribution in [-0.4, -0.2) is 18.9 Å². The SMILES string of the molecule is CC1(C(=O)CCc2ccsc2)CCCNC1. The van der Waals surface area contributed by atoms with E-state index in [2.05, 4.69) is 29.1 Å². The third-order valence-corrected chi connectivity index (χ3v) is 4.22. The van der Waals surface area contributed by atoms with E-state index in [4.69, 9.17) is 0 Å². The molecule has 3 heteroatoms. The number of piperidine rings is 1. The zero-order valence-corrected chi connectivity index (χ0v) is 10.6. The fourth-order valence-corrected chi connectivity index (χ4v) is 2.99. The van der Waals surface area contributed by atoms with Gasteiger partial charge in [-0.25, -0.2) is 0 Å². The van der Waals surface area contributed by atoms with E-state index in [1.54, 1.807) is 11.3 Å². The Kier molecular flexibility index (Phi) is 3.77. The first kappa shape index (κ1) is 11.8. The van der Waals surface area contributed by atoms with Crippen LogP contribution in [0.15, 0.2) is 16.8 Å². The van der Waals surface area contributed by atoms with Crippen LogP contribution in [0.5, 0.6) is 0 Å². The second-order valence-electron chi connectivity index (χ2n) is 4.90. The van der Waals surface area contributed by atoms with Crippen LogP contribution in [0, 0.1) is 5.41 Å². The number of hydrogen-bond acceptors (Lipinski definition) is 3. The van der Waals surface area contributed by atoms with Crippen molar-refractivity contribution >= 4 is 17.1 Å². The number of aryl methyl sites for hydroxylation is 1. The van der Waals surface area contributed by atoms with Gasteiger partial charge in [-0.15, -0.1) is 0 Å². The van der Waals surface area contributed by atoms with E-state index in [1.165, 1.54) is 5.56 Å². The van der Waals surface area contributed by atoms with Crippen molar-refractivity contribution in [2.24, 2.45) is 5.41 Å². The van der Waals surface area contributed by atoms with Crippen molar-refractivity contribution in [3.63, 3.8) is 0 Å². The van der Waals surface area contributed by atoms with Gasteiger partial charge in [0.05, 0.1) is 0 Å². The Morgan fingerprint density at radius 3 is 3.12 bits per heavy atom. The topological polar surface area (TPSA) is 29.1 Å². The van der Waals surface area contributed by atoms with Crippen molar-refractivity contribution in [2.45, 2.75) is 32.6 Å². The Hall–Kier alpha value is -0.670. The Bertz CT molecular complexity index is 339. The summed E-state index contributed by atoms with van der Waals surface area (Å²) in [5.41, 5.74) is 1.18. The zero-order chi connectivity index (χ0) is 11.4. The van der Waals surface area contributed by atoms with Crippen LogP contribution >= 0.6 is 11.3 Å². The fourth-order valence-electron chi connectivity index (χ4n) is 2.29. The molecular formula is C13H19NOS. The van der Waals surface area contributed by atoms with Gasteiger partial charge in [-0.05, 0) is 48.2 Å². The van der Waals surface area contributed by atoms with E-state index in [1.807, 2.05) is 0 Å². The molecule has 0 saturated carbocycles. The van der Waals surface area contributed by atoms with E-state index in [0.717, 1.165) is 32.4 Å². The highest BCUT2D eigenvalue weighted by molar-refractivity contribution is 7.07. The van der Waals surface area contributed by atoms with Gasteiger partial charge in [-0.1, -0.05) is 6.92 Å². The molecular weight excluding hydrogens is 218 g/mol. The molecule has 1 aromatic heterocycles. The summed E-state index contributed by atoms with van der Waals surface area (Å²) >= 11 is 1.70. The van der Waals surface area contributed by atoms with Gasteiger partial charge in [0.15, 0.2) is 0 Å². The molecule has 1 N–H and O–H groups in total. The van der Waals surface area contributed by atoms with Crippen LogP contribution < -0.4 is 5.32 Å². The van der Waals surface area contributed by atoms with Crippen molar-refractivity contribution in [1.29, 1.82) is 0 Å². The van der Waals surface area contributed by atoms with Crippen LogP contribution in [0.4, 0.5) is 0 Å². The summed E-state index contributed by atoms with van der Waals surface area (Å²) < 4.78 is 0. The van der Waals surface area contributed by atoms with Crippen molar-refractivity contribution in [3.05, 3.63) is 22.4 Å². The minimum Gasteiger partial charge on any atom is -0.316 e. The minimum absolute atomic E-state index is 0.117. The first-order valence-corrected chi connectivity index (χ1v) is 6.90. The monoisotopic (exact) mass is 237 g/mol. The summed E-state index contributed by atoms with van der Waals surface area (Å²) in [5.74, 6) is 0.422. The number of thiophene rings is 1. The highest BCUT2D eigenvalue weighted by Gasteiger charge is 2.33. The standard InChI is InChI=1S/C13H19NOS/c1-13(6-2-7-14-10-13)12(15)4-3-11-5-8-16-9-11/h5,8-9,14H,2-4,6-7,10H2,1H3. The molecule has 1 atom stereocenters. The van der Waals surface area contributed by atoms with Gasteiger partial charge in [0.25, 0.3) is 0 Å². The molecule has 2 rings (SSSR count). The van der Waals surface area contributed by atoms with E-state index in [9.17, 15) is 4.79 Å². The number of Topliss-reactive ketones (excluding diaryl/α,β-unsaturated/α-hetero) is 1. The number of rotatable bonds is 4. The minimum atomic E-state index is -0.117. The Morgan fingerprint density at radius 1 is 1.62 bits per heavy atom. The van der Waals surface area contributed by atoms with Gasteiger partial charge in [-0.2, -0.15) is 11.3 Å². The zero-order valence-electron chi connectivity index (χ0n) is 9.79.